The number of carbonyl (C=O) groups is 1. The summed E-state index contributed by atoms with van der Waals surface area (Å²) in [6, 6.07) is 18.1. The van der Waals surface area contributed by atoms with Crippen LogP contribution in [0.25, 0.3) is 34.0 Å². The monoisotopic (exact) mass is 387 g/mol. The second-order valence-electron chi connectivity index (χ2n) is 6.83. The maximum absolute atomic E-state index is 14.0. The molecule has 0 fully saturated rings. The van der Waals surface area contributed by atoms with E-state index in [4.69, 9.17) is 10.3 Å². The molecular weight excluding hydrogens is 369 g/mol. The van der Waals surface area contributed by atoms with E-state index in [0.29, 0.717) is 11.5 Å². The zero-order valence-corrected chi connectivity index (χ0v) is 15.9. The predicted octanol–water partition coefficient (Wildman–Crippen LogP) is 4.93. The second kappa shape index (κ2) is 7.31. The molecule has 0 radical (unpaired) electrons. The van der Waals surface area contributed by atoms with E-state index in [1.807, 2.05) is 37.3 Å². The van der Waals surface area contributed by atoms with Crippen LogP contribution in [0.4, 0.5) is 4.39 Å². The largest absolute Gasteiger partial charge is 0.366 e. The highest BCUT2D eigenvalue weighted by Crippen LogP contribution is 2.30. The Labute approximate surface area is 167 Å². The van der Waals surface area contributed by atoms with Crippen LogP contribution < -0.4 is 5.73 Å². The quantitative estimate of drug-likeness (QED) is 0.538. The van der Waals surface area contributed by atoms with Crippen LogP contribution in [0, 0.1) is 19.7 Å². The Balaban J connectivity index is 1.67. The van der Waals surface area contributed by atoms with Crippen molar-refractivity contribution in [2.45, 2.75) is 13.8 Å². The normalized spacial score (nSPS) is 10.9. The van der Waals surface area contributed by atoms with Gasteiger partial charge in [0.15, 0.2) is 0 Å². The molecule has 6 heteroatoms. The standard InChI is InChI=1S/C23H18FN3O2/c1-13-5-3-4-6-17(13)18-9-8-16(11-14(18)2)23-26-22(27-29-23)15-7-10-19(21(25)28)20(24)12-15/h3-12H,1-2H3,(H2,25,28). The predicted molar refractivity (Wildman–Crippen MR) is 109 cm³/mol. The van der Waals surface area contributed by atoms with Crippen LogP contribution in [-0.4, -0.2) is 16.0 Å². The maximum atomic E-state index is 14.0. The molecule has 4 rings (SSSR count). The number of hydrogen-bond acceptors (Lipinski definition) is 4. The maximum Gasteiger partial charge on any atom is 0.258 e. The number of nitrogens with zero attached hydrogens (tertiary/aromatic N) is 2. The number of carbonyl (C=O) groups excluding carboxylic acids is 1. The average Bonchev–Trinajstić information content (AvgIpc) is 3.18. The summed E-state index contributed by atoms with van der Waals surface area (Å²) in [5.74, 6) is -0.985. The molecule has 0 aliphatic carbocycles. The lowest BCUT2D eigenvalue weighted by Crippen LogP contribution is -2.12. The van der Waals surface area contributed by atoms with Crippen molar-refractivity contribution in [2.75, 3.05) is 0 Å². The first-order chi connectivity index (χ1) is 13.9. The number of rotatable bonds is 4. The Morgan fingerprint density at radius 2 is 1.66 bits per heavy atom. The van der Waals surface area contributed by atoms with E-state index >= 15 is 0 Å². The third-order valence-corrected chi connectivity index (χ3v) is 4.83. The summed E-state index contributed by atoms with van der Waals surface area (Å²) in [5, 5.41) is 3.93. The first-order valence-electron chi connectivity index (χ1n) is 9.04. The topological polar surface area (TPSA) is 82.0 Å². The van der Waals surface area contributed by atoms with E-state index < -0.39 is 11.7 Å². The van der Waals surface area contributed by atoms with Gasteiger partial charge in [0.05, 0.1) is 5.56 Å². The Morgan fingerprint density at radius 1 is 0.931 bits per heavy atom. The van der Waals surface area contributed by atoms with Crippen molar-refractivity contribution in [3.8, 4) is 34.0 Å². The molecule has 0 unspecified atom stereocenters. The molecule has 0 aliphatic rings. The lowest BCUT2D eigenvalue weighted by Gasteiger charge is -2.10. The smallest absolute Gasteiger partial charge is 0.258 e. The fraction of sp³-hybridized carbons (Fsp3) is 0.0870. The highest BCUT2D eigenvalue weighted by Gasteiger charge is 2.15. The molecule has 0 spiro atoms. The number of aryl methyl sites for hydroxylation is 2. The van der Waals surface area contributed by atoms with Crippen LogP contribution >= 0.6 is 0 Å². The second-order valence-corrected chi connectivity index (χ2v) is 6.83. The minimum Gasteiger partial charge on any atom is -0.366 e. The summed E-state index contributed by atoms with van der Waals surface area (Å²) >= 11 is 0. The van der Waals surface area contributed by atoms with Gasteiger partial charge in [-0.1, -0.05) is 41.6 Å². The number of aromatic nitrogens is 2. The molecule has 0 atom stereocenters. The molecule has 0 saturated carbocycles. The molecule has 0 saturated heterocycles. The summed E-state index contributed by atoms with van der Waals surface area (Å²) in [4.78, 5) is 15.5. The summed E-state index contributed by atoms with van der Waals surface area (Å²) in [7, 11) is 0. The molecule has 4 aromatic rings. The molecule has 2 N–H and O–H groups in total. The van der Waals surface area contributed by atoms with Gasteiger partial charge in [-0.2, -0.15) is 4.98 Å². The Hall–Kier alpha value is -3.80. The zero-order chi connectivity index (χ0) is 20.5. The fourth-order valence-electron chi connectivity index (χ4n) is 3.29. The lowest BCUT2D eigenvalue weighted by atomic mass is 9.95. The number of benzene rings is 3. The van der Waals surface area contributed by atoms with E-state index in [-0.39, 0.29) is 11.4 Å². The first kappa shape index (κ1) is 18.6. The van der Waals surface area contributed by atoms with Gasteiger partial charge in [-0.15, -0.1) is 0 Å². The highest BCUT2D eigenvalue weighted by atomic mass is 19.1. The van der Waals surface area contributed by atoms with E-state index in [2.05, 4.69) is 29.2 Å². The van der Waals surface area contributed by atoms with Gasteiger partial charge in [0.2, 0.25) is 5.82 Å². The van der Waals surface area contributed by atoms with Crippen LogP contribution in [0.15, 0.2) is 65.2 Å². The summed E-state index contributed by atoms with van der Waals surface area (Å²) in [5.41, 5.74) is 10.7. The van der Waals surface area contributed by atoms with Crippen molar-refractivity contribution in [1.29, 1.82) is 0 Å². The van der Waals surface area contributed by atoms with Crippen molar-refractivity contribution in [1.82, 2.24) is 10.1 Å². The number of hydrogen-bond donors (Lipinski definition) is 1. The molecule has 144 valence electrons. The van der Waals surface area contributed by atoms with E-state index in [1.165, 1.54) is 29.3 Å². The van der Waals surface area contributed by atoms with Gasteiger partial charge >= 0.3 is 0 Å². The third kappa shape index (κ3) is 3.52. The Kier molecular flexibility index (Phi) is 4.68. The summed E-state index contributed by atoms with van der Waals surface area (Å²) in [6.45, 7) is 4.11. The van der Waals surface area contributed by atoms with E-state index in [1.54, 1.807) is 0 Å². The fourth-order valence-corrected chi connectivity index (χ4v) is 3.29. The zero-order valence-electron chi connectivity index (χ0n) is 15.9. The molecular formula is C23H18FN3O2. The summed E-state index contributed by atoms with van der Waals surface area (Å²) in [6.07, 6.45) is 0. The molecule has 3 aromatic carbocycles. The van der Waals surface area contributed by atoms with Crippen molar-refractivity contribution >= 4 is 5.91 Å². The number of amides is 1. The molecule has 29 heavy (non-hydrogen) atoms. The van der Waals surface area contributed by atoms with Crippen molar-refractivity contribution < 1.29 is 13.7 Å². The van der Waals surface area contributed by atoms with Crippen molar-refractivity contribution in [3.05, 3.63) is 83.2 Å². The number of nitrogens with two attached hydrogens (primary N) is 1. The van der Waals surface area contributed by atoms with E-state index in [9.17, 15) is 9.18 Å². The van der Waals surface area contributed by atoms with Gasteiger partial charge in [0, 0.05) is 11.1 Å². The van der Waals surface area contributed by atoms with Crippen LogP contribution in [0.5, 0.6) is 0 Å². The number of primary amides is 1. The van der Waals surface area contributed by atoms with Crippen LogP contribution in [0.1, 0.15) is 21.5 Å². The molecule has 1 heterocycles. The van der Waals surface area contributed by atoms with Crippen molar-refractivity contribution in [3.63, 3.8) is 0 Å². The lowest BCUT2D eigenvalue weighted by molar-refractivity contribution is 0.0996. The summed E-state index contributed by atoms with van der Waals surface area (Å²) < 4.78 is 19.4. The molecule has 0 aliphatic heterocycles. The third-order valence-electron chi connectivity index (χ3n) is 4.83. The van der Waals surface area contributed by atoms with Gasteiger partial charge in [-0.3, -0.25) is 4.79 Å². The molecule has 1 amide bonds. The Morgan fingerprint density at radius 3 is 2.34 bits per heavy atom. The molecule has 0 bridgehead atoms. The minimum atomic E-state index is -0.827. The van der Waals surface area contributed by atoms with Gasteiger partial charge in [0.1, 0.15) is 5.82 Å². The van der Waals surface area contributed by atoms with Crippen LogP contribution in [0.2, 0.25) is 0 Å². The average molecular weight is 387 g/mol. The van der Waals surface area contributed by atoms with Gasteiger partial charge in [-0.25, -0.2) is 4.39 Å². The SMILES string of the molecule is Cc1ccccc1-c1ccc(-c2nc(-c3ccc(C(N)=O)c(F)c3)no2)cc1C. The Bertz CT molecular complexity index is 1230. The number of halogens is 1. The van der Waals surface area contributed by atoms with E-state index in [0.717, 1.165) is 16.7 Å². The first-order valence-corrected chi connectivity index (χ1v) is 9.04. The van der Waals surface area contributed by atoms with Gasteiger partial charge in [0.25, 0.3) is 11.8 Å². The van der Waals surface area contributed by atoms with Crippen molar-refractivity contribution in [2.24, 2.45) is 5.73 Å². The van der Waals surface area contributed by atoms with Gasteiger partial charge in [-0.05, 0) is 60.4 Å². The highest BCUT2D eigenvalue weighted by molar-refractivity contribution is 5.93. The molecule has 5 nitrogen and oxygen atoms in total. The van der Waals surface area contributed by atoms with Crippen LogP contribution in [0.3, 0.4) is 0 Å². The van der Waals surface area contributed by atoms with Crippen LogP contribution in [-0.2, 0) is 0 Å². The van der Waals surface area contributed by atoms with Gasteiger partial charge < -0.3 is 10.3 Å². The molecule has 1 aromatic heterocycles. The minimum absolute atomic E-state index is 0.181.